The first kappa shape index (κ1) is 21.5. The van der Waals surface area contributed by atoms with Crippen molar-refractivity contribution < 1.29 is 9.50 Å². The number of pyridine rings is 2. The summed E-state index contributed by atoms with van der Waals surface area (Å²) in [5.74, 6) is -0.0176. The Labute approximate surface area is 189 Å². The van der Waals surface area contributed by atoms with Crippen molar-refractivity contribution in [3.05, 3.63) is 89.0 Å². The first-order valence-electron chi connectivity index (χ1n) is 9.86. The summed E-state index contributed by atoms with van der Waals surface area (Å²) in [7, 11) is 0. The zero-order valence-corrected chi connectivity index (χ0v) is 17.8. The molecule has 4 rings (SSSR count). The Kier molecular flexibility index (Phi) is 6.17. The van der Waals surface area contributed by atoms with Crippen molar-refractivity contribution >= 4 is 39.7 Å². The highest BCUT2D eigenvalue weighted by Crippen LogP contribution is 2.31. The molecule has 32 heavy (non-hydrogen) atoms. The van der Waals surface area contributed by atoms with Crippen LogP contribution >= 0.6 is 11.6 Å². The number of aromatic nitrogens is 2. The lowest BCUT2D eigenvalue weighted by atomic mass is 10.0. The SMILES string of the molecule is C[C@H](Nc1cc2c(Nc3ccc(F)c(Cl)c3)c(C#N)cnc2cn1)[C@H](O)c1ccccc1. The molecule has 0 saturated carbocycles. The van der Waals surface area contributed by atoms with Crippen LogP contribution in [-0.2, 0) is 0 Å². The van der Waals surface area contributed by atoms with E-state index in [0.29, 0.717) is 33.7 Å². The second kappa shape index (κ2) is 9.18. The summed E-state index contributed by atoms with van der Waals surface area (Å²) < 4.78 is 13.5. The molecule has 0 aliphatic carbocycles. The first-order valence-corrected chi connectivity index (χ1v) is 10.2. The third-order valence-corrected chi connectivity index (χ3v) is 5.34. The number of fused-ring (bicyclic) bond motifs is 1. The smallest absolute Gasteiger partial charge is 0.141 e. The number of nitrogens with one attached hydrogen (secondary N) is 2. The van der Waals surface area contributed by atoms with Crippen LogP contribution < -0.4 is 10.6 Å². The number of nitriles is 1. The molecular formula is C24H19ClFN5O. The van der Waals surface area contributed by atoms with Gasteiger partial charge in [0.25, 0.3) is 0 Å². The largest absolute Gasteiger partial charge is 0.386 e. The van der Waals surface area contributed by atoms with Gasteiger partial charge in [-0.3, -0.25) is 4.98 Å². The van der Waals surface area contributed by atoms with Crippen LogP contribution in [0.2, 0.25) is 5.02 Å². The maximum Gasteiger partial charge on any atom is 0.141 e. The lowest BCUT2D eigenvalue weighted by Crippen LogP contribution is -2.24. The minimum atomic E-state index is -0.740. The van der Waals surface area contributed by atoms with Crippen molar-refractivity contribution in [1.82, 2.24) is 9.97 Å². The summed E-state index contributed by atoms with van der Waals surface area (Å²) in [6.45, 7) is 1.85. The van der Waals surface area contributed by atoms with Crippen LogP contribution in [0, 0.1) is 17.1 Å². The van der Waals surface area contributed by atoms with Gasteiger partial charge < -0.3 is 15.7 Å². The number of halogens is 2. The predicted octanol–water partition coefficient (Wildman–Crippen LogP) is 5.57. The van der Waals surface area contributed by atoms with Gasteiger partial charge in [0.15, 0.2) is 0 Å². The Morgan fingerprint density at radius 2 is 1.88 bits per heavy atom. The highest BCUT2D eigenvalue weighted by Gasteiger charge is 2.18. The number of aliphatic hydroxyl groups is 1. The minimum absolute atomic E-state index is 0.0281. The third kappa shape index (κ3) is 4.47. The molecule has 2 aromatic heterocycles. The van der Waals surface area contributed by atoms with Crippen molar-refractivity contribution in [3.8, 4) is 6.07 Å². The molecule has 0 bridgehead atoms. The number of aliphatic hydroxyl groups excluding tert-OH is 1. The number of rotatable bonds is 6. The molecule has 0 fully saturated rings. The Morgan fingerprint density at radius 3 is 2.59 bits per heavy atom. The number of hydrogen-bond acceptors (Lipinski definition) is 6. The minimum Gasteiger partial charge on any atom is -0.386 e. The van der Waals surface area contributed by atoms with Crippen LogP contribution in [0.15, 0.2) is 67.0 Å². The molecule has 160 valence electrons. The first-order chi connectivity index (χ1) is 15.5. The molecule has 2 aromatic carbocycles. The van der Waals surface area contributed by atoms with Crippen LogP contribution in [0.25, 0.3) is 10.9 Å². The summed E-state index contributed by atoms with van der Waals surface area (Å²) in [6, 6.07) is 17.1. The third-order valence-electron chi connectivity index (χ3n) is 5.05. The van der Waals surface area contributed by atoms with E-state index in [1.807, 2.05) is 37.3 Å². The van der Waals surface area contributed by atoms with Gasteiger partial charge in [0.2, 0.25) is 0 Å². The van der Waals surface area contributed by atoms with E-state index in [2.05, 4.69) is 26.7 Å². The molecule has 0 radical (unpaired) electrons. The molecule has 0 aliphatic rings. The van der Waals surface area contributed by atoms with Gasteiger partial charge in [0.1, 0.15) is 17.7 Å². The quantitative estimate of drug-likeness (QED) is 0.357. The van der Waals surface area contributed by atoms with Crippen molar-refractivity contribution in [2.24, 2.45) is 0 Å². The highest BCUT2D eigenvalue weighted by atomic mass is 35.5. The van der Waals surface area contributed by atoms with Crippen LogP contribution in [0.5, 0.6) is 0 Å². The Hall–Kier alpha value is -3.73. The highest BCUT2D eigenvalue weighted by molar-refractivity contribution is 6.31. The van der Waals surface area contributed by atoms with Crippen molar-refractivity contribution in [2.45, 2.75) is 19.1 Å². The van der Waals surface area contributed by atoms with E-state index >= 15 is 0 Å². The Balaban J connectivity index is 1.68. The molecule has 6 nitrogen and oxygen atoms in total. The van der Waals surface area contributed by atoms with Gasteiger partial charge in [-0.05, 0) is 36.8 Å². The molecule has 2 heterocycles. The summed E-state index contributed by atoms with van der Waals surface area (Å²) in [5, 5.41) is 27.2. The van der Waals surface area contributed by atoms with Crippen LogP contribution in [0.3, 0.4) is 0 Å². The zero-order chi connectivity index (χ0) is 22.7. The molecule has 0 unspecified atom stereocenters. The molecule has 8 heteroatoms. The standard InChI is InChI=1S/C24H19ClFN5O/c1-14(24(32)15-5-3-2-4-6-15)30-22-10-18-21(13-29-22)28-12-16(11-27)23(18)31-17-7-8-20(26)19(25)9-17/h2-10,12-14,24,32H,1H3,(H,28,31)(H,29,30)/t14-,24-/m0/s1. The van der Waals surface area contributed by atoms with Gasteiger partial charge in [-0.2, -0.15) is 5.26 Å². The number of anilines is 3. The second-order valence-electron chi connectivity index (χ2n) is 7.29. The van der Waals surface area contributed by atoms with Crippen LogP contribution in [0.1, 0.15) is 24.2 Å². The number of benzene rings is 2. The van der Waals surface area contributed by atoms with Crippen molar-refractivity contribution in [3.63, 3.8) is 0 Å². The van der Waals surface area contributed by atoms with Gasteiger partial charge in [0.05, 0.1) is 40.1 Å². The van der Waals surface area contributed by atoms with Gasteiger partial charge in [-0.1, -0.05) is 41.9 Å². The lowest BCUT2D eigenvalue weighted by molar-refractivity contribution is 0.160. The van der Waals surface area contributed by atoms with E-state index in [-0.39, 0.29) is 11.1 Å². The predicted molar refractivity (Wildman–Crippen MR) is 123 cm³/mol. The average molecular weight is 448 g/mol. The van der Waals surface area contributed by atoms with E-state index < -0.39 is 11.9 Å². The molecule has 0 aliphatic heterocycles. The summed E-state index contributed by atoms with van der Waals surface area (Å²) in [4.78, 5) is 8.69. The zero-order valence-electron chi connectivity index (χ0n) is 17.1. The van der Waals surface area contributed by atoms with E-state index in [0.717, 1.165) is 5.56 Å². The number of nitrogens with zero attached hydrogens (tertiary/aromatic N) is 3. The fourth-order valence-corrected chi connectivity index (χ4v) is 3.54. The van der Waals surface area contributed by atoms with Gasteiger partial charge in [-0.15, -0.1) is 0 Å². The Morgan fingerprint density at radius 1 is 1.09 bits per heavy atom. The fraction of sp³-hybridized carbons (Fsp3) is 0.125. The van der Waals surface area contributed by atoms with Gasteiger partial charge in [-0.25, -0.2) is 9.37 Å². The van der Waals surface area contributed by atoms with E-state index in [1.165, 1.54) is 24.4 Å². The fourth-order valence-electron chi connectivity index (χ4n) is 3.36. The van der Waals surface area contributed by atoms with Crippen molar-refractivity contribution in [1.29, 1.82) is 5.26 Å². The van der Waals surface area contributed by atoms with Gasteiger partial charge >= 0.3 is 0 Å². The van der Waals surface area contributed by atoms with E-state index in [4.69, 9.17) is 11.6 Å². The molecule has 2 atom stereocenters. The molecule has 0 saturated heterocycles. The van der Waals surface area contributed by atoms with Crippen LogP contribution in [0.4, 0.5) is 21.6 Å². The normalized spacial score (nSPS) is 12.7. The summed E-state index contributed by atoms with van der Waals surface area (Å²) in [6.07, 6.45) is 2.30. The molecule has 4 aromatic rings. The van der Waals surface area contributed by atoms with E-state index in [9.17, 15) is 14.8 Å². The molecule has 3 N–H and O–H groups in total. The molecular weight excluding hydrogens is 429 g/mol. The maximum atomic E-state index is 13.5. The average Bonchev–Trinajstić information content (AvgIpc) is 2.81. The van der Waals surface area contributed by atoms with E-state index in [1.54, 1.807) is 12.3 Å². The lowest BCUT2D eigenvalue weighted by Gasteiger charge is -2.21. The second-order valence-corrected chi connectivity index (χ2v) is 7.69. The monoisotopic (exact) mass is 447 g/mol. The summed E-state index contributed by atoms with van der Waals surface area (Å²) >= 11 is 5.90. The number of hydrogen-bond donors (Lipinski definition) is 3. The summed E-state index contributed by atoms with van der Waals surface area (Å²) in [5.41, 5.74) is 2.70. The topological polar surface area (TPSA) is 93.9 Å². The van der Waals surface area contributed by atoms with Crippen molar-refractivity contribution in [2.75, 3.05) is 10.6 Å². The van der Waals surface area contributed by atoms with Crippen LogP contribution in [-0.4, -0.2) is 21.1 Å². The van der Waals surface area contributed by atoms with Gasteiger partial charge in [0, 0.05) is 17.3 Å². The molecule has 0 spiro atoms. The molecule has 0 amide bonds. The maximum absolute atomic E-state index is 13.5. The Bertz CT molecular complexity index is 1310.